The molecule has 0 spiro atoms. The molecular formula is C23H37NO3. The second kappa shape index (κ2) is 7.75. The molecule has 0 aliphatic heterocycles. The van der Waals surface area contributed by atoms with Crippen LogP contribution >= 0.6 is 0 Å². The van der Waals surface area contributed by atoms with Crippen LogP contribution in [0.4, 0.5) is 0 Å². The largest absolute Gasteiger partial charge is 0.469 e. The molecule has 5 saturated carbocycles. The van der Waals surface area contributed by atoms with Crippen molar-refractivity contribution < 1.29 is 14.3 Å². The van der Waals surface area contributed by atoms with Gasteiger partial charge in [-0.05, 0) is 69.1 Å². The van der Waals surface area contributed by atoms with Crippen molar-refractivity contribution in [1.29, 1.82) is 0 Å². The number of hydrogen-bond donors (Lipinski definition) is 0. The van der Waals surface area contributed by atoms with Gasteiger partial charge in [-0.1, -0.05) is 32.6 Å². The Morgan fingerprint density at radius 1 is 0.963 bits per heavy atom. The topological polar surface area (TPSA) is 46.6 Å². The maximum Gasteiger partial charge on any atom is 0.310 e. The van der Waals surface area contributed by atoms with Crippen molar-refractivity contribution >= 4 is 11.9 Å². The first-order valence-electron chi connectivity index (χ1n) is 11.4. The van der Waals surface area contributed by atoms with Crippen LogP contribution in [0, 0.1) is 29.1 Å². The molecule has 0 N–H and O–H groups in total. The molecule has 0 aromatic rings. The van der Waals surface area contributed by atoms with E-state index in [0.717, 1.165) is 49.9 Å². The van der Waals surface area contributed by atoms with Gasteiger partial charge >= 0.3 is 5.97 Å². The highest BCUT2D eigenvalue weighted by Gasteiger charge is 2.56. The van der Waals surface area contributed by atoms with Gasteiger partial charge in [0.1, 0.15) is 0 Å². The highest BCUT2D eigenvalue weighted by Crippen LogP contribution is 2.60. The highest BCUT2D eigenvalue weighted by atomic mass is 16.5. The summed E-state index contributed by atoms with van der Waals surface area (Å²) in [6.07, 6.45) is 14.6. The number of carbonyl (C=O) groups excluding carboxylic acids is 2. The van der Waals surface area contributed by atoms with Gasteiger partial charge in [0.15, 0.2) is 0 Å². The number of methoxy groups -OCH3 is 1. The molecule has 152 valence electrons. The summed E-state index contributed by atoms with van der Waals surface area (Å²) in [7, 11) is 1.45. The van der Waals surface area contributed by atoms with Crippen LogP contribution in [0.5, 0.6) is 0 Å². The number of nitrogens with zero attached hydrogens (tertiary/aromatic N) is 1. The van der Waals surface area contributed by atoms with Crippen LogP contribution in [-0.2, 0) is 14.3 Å². The normalized spacial score (nSPS) is 36.9. The van der Waals surface area contributed by atoms with E-state index in [9.17, 15) is 9.59 Å². The minimum Gasteiger partial charge on any atom is -0.469 e. The summed E-state index contributed by atoms with van der Waals surface area (Å²) in [4.78, 5) is 28.3. The van der Waals surface area contributed by atoms with E-state index in [0.29, 0.717) is 18.5 Å². The number of esters is 1. The van der Waals surface area contributed by atoms with Gasteiger partial charge < -0.3 is 9.64 Å². The van der Waals surface area contributed by atoms with Gasteiger partial charge in [-0.3, -0.25) is 9.59 Å². The van der Waals surface area contributed by atoms with E-state index in [2.05, 4.69) is 4.90 Å². The third kappa shape index (κ3) is 3.78. The van der Waals surface area contributed by atoms with Gasteiger partial charge in [0, 0.05) is 12.6 Å². The fourth-order valence-electron chi connectivity index (χ4n) is 7.22. The Balaban J connectivity index is 1.57. The first-order chi connectivity index (χ1) is 13.0. The summed E-state index contributed by atoms with van der Waals surface area (Å²) < 4.78 is 4.98. The number of hydrogen-bond acceptors (Lipinski definition) is 3. The molecule has 1 atom stereocenters. The van der Waals surface area contributed by atoms with Crippen molar-refractivity contribution in [3.63, 3.8) is 0 Å². The Labute approximate surface area is 164 Å². The predicted octanol–water partition coefficient (Wildman–Crippen LogP) is 4.56. The fraction of sp³-hybridized carbons (Fsp3) is 0.913. The molecule has 5 rings (SSSR count). The van der Waals surface area contributed by atoms with E-state index in [-0.39, 0.29) is 17.3 Å². The summed E-state index contributed by atoms with van der Waals surface area (Å²) in [6, 6.07) is 0.320. The lowest BCUT2D eigenvalue weighted by molar-refractivity contribution is -0.162. The van der Waals surface area contributed by atoms with E-state index in [4.69, 9.17) is 4.74 Å². The van der Waals surface area contributed by atoms with E-state index in [1.807, 2.05) is 6.92 Å². The summed E-state index contributed by atoms with van der Waals surface area (Å²) in [5.74, 6) is 2.28. The number of rotatable bonds is 5. The smallest absolute Gasteiger partial charge is 0.310 e. The van der Waals surface area contributed by atoms with Crippen molar-refractivity contribution in [2.24, 2.45) is 29.1 Å². The van der Waals surface area contributed by atoms with E-state index >= 15 is 0 Å². The molecule has 1 unspecified atom stereocenters. The van der Waals surface area contributed by atoms with Crippen LogP contribution in [0.25, 0.3) is 0 Å². The lowest BCUT2D eigenvalue weighted by Gasteiger charge is -2.57. The van der Waals surface area contributed by atoms with Crippen LogP contribution in [0.1, 0.15) is 84.0 Å². The number of carbonyl (C=O) groups is 2. The molecule has 0 aromatic heterocycles. The molecule has 5 aliphatic rings. The molecule has 5 aliphatic carbocycles. The van der Waals surface area contributed by atoms with Gasteiger partial charge in [-0.15, -0.1) is 0 Å². The van der Waals surface area contributed by atoms with Crippen LogP contribution in [0.2, 0.25) is 0 Å². The third-order valence-corrected chi connectivity index (χ3v) is 8.09. The van der Waals surface area contributed by atoms with Gasteiger partial charge in [-0.25, -0.2) is 0 Å². The molecule has 4 bridgehead atoms. The van der Waals surface area contributed by atoms with Gasteiger partial charge in [-0.2, -0.15) is 0 Å². The van der Waals surface area contributed by atoms with E-state index in [1.54, 1.807) is 0 Å². The molecule has 0 aromatic carbocycles. The Bertz CT molecular complexity index is 529. The van der Waals surface area contributed by atoms with Crippen molar-refractivity contribution in [3.05, 3.63) is 0 Å². The van der Waals surface area contributed by atoms with Gasteiger partial charge in [0.05, 0.1) is 18.4 Å². The van der Waals surface area contributed by atoms with Crippen molar-refractivity contribution in [1.82, 2.24) is 4.90 Å². The molecule has 4 heteroatoms. The number of amides is 1. The van der Waals surface area contributed by atoms with E-state index in [1.165, 1.54) is 52.1 Å². The SMILES string of the molecule is COC(=O)C(C)CN(C(=O)C12CC3CC(CC(C3)C1)C2)C1CCCCCC1. The van der Waals surface area contributed by atoms with Crippen molar-refractivity contribution in [3.8, 4) is 0 Å². The van der Waals surface area contributed by atoms with E-state index < -0.39 is 0 Å². The summed E-state index contributed by atoms with van der Waals surface area (Å²) in [6.45, 7) is 2.46. The zero-order valence-corrected chi connectivity index (χ0v) is 17.3. The maximum absolute atomic E-state index is 14.0. The fourth-order valence-corrected chi connectivity index (χ4v) is 7.22. The van der Waals surface area contributed by atoms with Crippen molar-refractivity contribution in [2.75, 3.05) is 13.7 Å². The molecule has 4 nitrogen and oxygen atoms in total. The minimum atomic E-state index is -0.240. The van der Waals surface area contributed by atoms with Gasteiger partial charge in [0.2, 0.25) is 5.91 Å². The van der Waals surface area contributed by atoms with Crippen molar-refractivity contribution in [2.45, 2.75) is 90.0 Å². The molecule has 5 fully saturated rings. The van der Waals surface area contributed by atoms with Crippen LogP contribution < -0.4 is 0 Å². The summed E-state index contributed by atoms with van der Waals surface area (Å²) in [5.41, 5.74) is -0.114. The van der Waals surface area contributed by atoms with Gasteiger partial charge in [0.25, 0.3) is 0 Å². The highest BCUT2D eigenvalue weighted by molar-refractivity contribution is 5.84. The lowest BCUT2D eigenvalue weighted by Crippen LogP contribution is -2.57. The minimum absolute atomic E-state index is 0.114. The molecular weight excluding hydrogens is 338 g/mol. The molecule has 0 saturated heterocycles. The Hall–Kier alpha value is -1.06. The molecule has 27 heavy (non-hydrogen) atoms. The standard InChI is InChI=1S/C23H37NO3/c1-16(21(25)27-2)15-24(20-7-5-3-4-6-8-20)22(26)23-12-17-9-18(13-23)11-19(10-17)14-23/h16-20H,3-15H2,1-2H3. The monoisotopic (exact) mass is 375 g/mol. The Kier molecular flexibility index (Phi) is 5.53. The van der Waals surface area contributed by atoms with Crippen LogP contribution in [0.15, 0.2) is 0 Å². The second-order valence-corrected chi connectivity index (χ2v) is 10.2. The third-order valence-electron chi connectivity index (χ3n) is 8.09. The molecule has 1 amide bonds. The predicted molar refractivity (Wildman–Crippen MR) is 105 cm³/mol. The Morgan fingerprint density at radius 3 is 1.96 bits per heavy atom. The quantitative estimate of drug-likeness (QED) is 0.523. The average molecular weight is 376 g/mol. The lowest BCUT2D eigenvalue weighted by atomic mass is 9.49. The second-order valence-electron chi connectivity index (χ2n) is 10.2. The molecule has 0 radical (unpaired) electrons. The van der Waals surface area contributed by atoms with Crippen LogP contribution in [-0.4, -0.2) is 36.5 Å². The maximum atomic E-state index is 14.0. The summed E-state index contributed by atoms with van der Waals surface area (Å²) in [5, 5.41) is 0. The first kappa shape index (κ1) is 19.3. The zero-order valence-electron chi connectivity index (χ0n) is 17.3. The molecule has 0 heterocycles. The van der Waals surface area contributed by atoms with Crippen LogP contribution in [0.3, 0.4) is 0 Å². The zero-order chi connectivity index (χ0) is 19.0. The Morgan fingerprint density at radius 2 is 1.48 bits per heavy atom. The average Bonchev–Trinajstić information content (AvgIpc) is 2.93. The first-order valence-corrected chi connectivity index (χ1v) is 11.4. The summed E-state index contributed by atoms with van der Waals surface area (Å²) >= 11 is 0. The number of ether oxygens (including phenoxy) is 1.